The van der Waals surface area contributed by atoms with Crippen molar-refractivity contribution < 1.29 is 4.68 Å². The highest BCUT2D eigenvalue weighted by molar-refractivity contribution is 4.79. The molecule has 88 valence electrons. The van der Waals surface area contributed by atoms with Crippen molar-refractivity contribution in [2.24, 2.45) is 0 Å². The lowest BCUT2D eigenvalue weighted by Gasteiger charge is -2.01. The highest BCUT2D eigenvalue weighted by atomic mass is 15.3. The second-order valence-corrected chi connectivity index (χ2v) is 4.22. The second-order valence-electron chi connectivity index (χ2n) is 4.22. The van der Waals surface area contributed by atoms with E-state index in [1.54, 1.807) is 6.20 Å². The van der Waals surface area contributed by atoms with E-state index in [0.29, 0.717) is 12.1 Å². The van der Waals surface area contributed by atoms with Gasteiger partial charge in [0.1, 0.15) is 0 Å². The summed E-state index contributed by atoms with van der Waals surface area (Å²) in [6.07, 6.45) is 7.69. The van der Waals surface area contributed by atoms with Gasteiger partial charge in [-0.15, -0.1) is 4.68 Å². The van der Waals surface area contributed by atoms with Gasteiger partial charge >= 0.3 is 0 Å². The van der Waals surface area contributed by atoms with Crippen LogP contribution in [0.15, 0.2) is 36.9 Å². The van der Waals surface area contributed by atoms with Crippen molar-refractivity contribution in [1.82, 2.24) is 14.9 Å². The normalized spacial score (nSPS) is 10.4. The molecule has 0 spiro atoms. The smallest absolute Gasteiger partial charge is 0.195 e. The number of hydrogen-bond donors (Lipinski definition) is 1. The predicted octanol–water partition coefficient (Wildman–Crippen LogP) is 2.35. The molecule has 16 heavy (non-hydrogen) atoms. The first-order chi connectivity index (χ1) is 7.61. The molecule has 0 radical (unpaired) electrons. The molecule has 2 aromatic rings. The molecule has 0 unspecified atom stereocenters. The average Bonchev–Trinajstić information content (AvgIpc) is 2.93. The summed E-state index contributed by atoms with van der Waals surface area (Å²) in [5.74, 6) is 0. The second kappa shape index (κ2) is 6.10. The first kappa shape index (κ1) is 12.5. The zero-order valence-corrected chi connectivity index (χ0v) is 10.5. The topological polar surface area (TPSA) is 37.5 Å². The van der Waals surface area contributed by atoms with Crippen molar-refractivity contribution in [1.29, 1.82) is 0 Å². The van der Waals surface area contributed by atoms with E-state index in [2.05, 4.69) is 37.9 Å². The predicted molar refractivity (Wildman–Crippen MR) is 64.0 cm³/mol. The van der Waals surface area contributed by atoms with Gasteiger partial charge in [0.05, 0.1) is 6.20 Å². The maximum atomic E-state index is 4.03. The number of aromatic nitrogens is 4. The highest BCUT2D eigenvalue weighted by Gasteiger charge is 2.02. The molecule has 0 aliphatic carbocycles. The van der Waals surface area contributed by atoms with Gasteiger partial charge in [-0.3, -0.25) is 4.68 Å². The Morgan fingerprint density at radius 2 is 1.94 bits per heavy atom. The van der Waals surface area contributed by atoms with Gasteiger partial charge in [-0.05, 0) is 33.8 Å². The molecular formula is C12H21N4+. The molecule has 2 rings (SSSR count). The van der Waals surface area contributed by atoms with E-state index >= 15 is 0 Å². The molecule has 4 nitrogen and oxygen atoms in total. The van der Waals surface area contributed by atoms with Gasteiger partial charge < -0.3 is 0 Å². The molecule has 0 saturated carbocycles. The number of hydrogen-bond acceptors (Lipinski definition) is 1. The SMILES string of the molecule is CC(C)[n+]1ccc[nH]1.CC(C)n1cccn1. The quantitative estimate of drug-likeness (QED) is 0.777. The number of aromatic amines is 1. The summed E-state index contributed by atoms with van der Waals surface area (Å²) >= 11 is 0. The molecule has 0 atom stereocenters. The Labute approximate surface area is 96.9 Å². The monoisotopic (exact) mass is 221 g/mol. The third-order valence-electron chi connectivity index (χ3n) is 2.18. The third-order valence-corrected chi connectivity index (χ3v) is 2.18. The minimum absolute atomic E-state index is 0.491. The Morgan fingerprint density at radius 3 is 2.19 bits per heavy atom. The van der Waals surface area contributed by atoms with Crippen LogP contribution in [0.2, 0.25) is 0 Å². The summed E-state index contributed by atoms with van der Waals surface area (Å²) in [6, 6.07) is 4.95. The van der Waals surface area contributed by atoms with E-state index in [1.807, 2.05) is 40.1 Å². The standard InChI is InChI=1S/2C6H10N2/c2*1-6(2)8-5-3-4-7-8/h2*3-6H,1-2H3/p+1. The lowest BCUT2D eigenvalue weighted by Crippen LogP contribution is -2.36. The van der Waals surface area contributed by atoms with Gasteiger partial charge in [-0.25, -0.2) is 0 Å². The molecule has 4 heteroatoms. The first-order valence-electron chi connectivity index (χ1n) is 5.65. The van der Waals surface area contributed by atoms with Crippen LogP contribution in [0.5, 0.6) is 0 Å². The lowest BCUT2D eigenvalue weighted by atomic mass is 10.4. The lowest BCUT2D eigenvalue weighted by molar-refractivity contribution is -0.767. The van der Waals surface area contributed by atoms with Crippen LogP contribution in [0.1, 0.15) is 39.8 Å². The summed E-state index contributed by atoms with van der Waals surface area (Å²) in [5, 5.41) is 7.09. The van der Waals surface area contributed by atoms with E-state index in [-0.39, 0.29) is 0 Å². The summed E-state index contributed by atoms with van der Waals surface area (Å²) in [6.45, 7) is 8.48. The molecule has 0 amide bonds. The average molecular weight is 221 g/mol. The minimum atomic E-state index is 0.491. The molecular weight excluding hydrogens is 200 g/mol. The molecule has 0 aliphatic heterocycles. The first-order valence-corrected chi connectivity index (χ1v) is 5.65. The van der Waals surface area contributed by atoms with E-state index in [4.69, 9.17) is 0 Å². The summed E-state index contributed by atoms with van der Waals surface area (Å²) in [7, 11) is 0. The molecule has 0 fully saturated rings. The van der Waals surface area contributed by atoms with Crippen LogP contribution in [0.3, 0.4) is 0 Å². The fourth-order valence-corrected chi connectivity index (χ4v) is 1.22. The van der Waals surface area contributed by atoms with Crippen LogP contribution < -0.4 is 4.68 Å². The van der Waals surface area contributed by atoms with Crippen LogP contribution in [-0.2, 0) is 0 Å². The summed E-state index contributed by atoms with van der Waals surface area (Å²) < 4.78 is 3.96. The zero-order chi connectivity index (χ0) is 12.0. The Bertz CT molecular complexity index is 321. The van der Waals surface area contributed by atoms with Gasteiger partial charge in [0.25, 0.3) is 0 Å². The molecule has 2 aromatic heterocycles. The Balaban J connectivity index is 0.000000160. The van der Waals surface area contributed by atoms with Crippen molar-refractivity contribution >= 4 is 0 Å². The number of nitrogens with zero attached hydrogens (tertiary/aromatic N) is 3. The molecule has 0 aromatic carbocycles. The van der Waals surface area contributed by atoms with E-state index in [1.165, 1.54) is 0 Å². The van der Waals surface area contributed by atoms with Gasteiger partial charge in [0, 0.05) is 24.5 Å². The van der Waals surface area contributed by atoms with Crippen molar-refractivity contribution in [3.05, 3.63) is 36.9 Å². The molecule has 1 N–H and O–H groups in total. The Kier molecular flexibility index (Phi) is 4.76. The maximum Gasteiger partial charge on any atom is 0.195 e. The fourth-order valence-electron chi connectivity index (χ4n) is 1.22. The van der Waals surface area contributed by atoms with E-state index in [9.17, 15) is 0 Å². The molecule has 0 aliphatic rings. The van der Waals surface area contributed by atoms with Gasteiger partial charge in [0.2, 0.25) is 0 Å². The number of nitrogens with one attached hydrogen (secondary N) is 1. The fraction of sp³-hybridized carbons (Fsp3) is 0.500. The van der Waals surface area contributed by atoms with Crippen LogP contribution >= 0.6 is 0 Å². The Morgan fingerprint density at radius 1 is 1.19 bits per heavy atom. The van der Waals surface area contributed by atoms with E-state index in [0.717, 1.165) is 0 Å². The van der Waals surface area contributed by atoms with Gasteiger partial charge in [-0.1, -0.05) is 0 Å². The van der Waals surface area contributed by atoms with Crippen LogP contribution in [0.25, 0.3) is 0 Å². The largest absolute Gasteiger partial charge is 0.270 e. The van der Waals surface area contributed by atoms with Crippen molar-refractivity contribution in [2.45, 2.75) is 39.8 Å². The molecule has 0 saturated heterocycles. The highest BCUT2D eigenvalue weighted by Crippen LogP contribution is 1.98. The minimum Gasteiger partial charge on any atom is -0.270 e. The molecule has 0 bridgehead atoms. The maximum absolute atomic E-state index is 4.03. The van der Waals surface area contributed by atoms with Crippen LogP contribution in [0.4, 0.5) is 0 Å². The number of H-pyrrole nitrogens is 1. The number of rotatable bonds is 2. The van der Waals surface area contributed by atoms with Crippen LogP contribution in [0, 0.1) is 0 Å². The summed E-state index contributed by atoms with van der Waals surface area (Å²) in [4.78, 5) is 0. The zero-order valence-electron chi connectivity index (χ0n) is 10.5. The molecule has 2 heterocycles. The Hall–Kier alpha value is -1.58. The van der Waals surface area contributed by atoms with E-state index < -0.39 is 0 Å². The van der Waals surface area contributed by atoms with Crippen molar-refractivity contribution in [3.63, 3.8) is 0 Å². The van der Waals surface area contributed by atoms with Crippen molar-refractivity contribution in [2.75, 3.05) is 0 Å². The van der Waals surface area contributed by atoms with Crippen molar-refractivity contribution in [3.8, 4) is 0 Å². The third kappa shape index (κ3) is 3.88. The van der Waals surface area contributed by atoms with Gasteiger partial charge in [0.15, 0.2) is 12.2 Å². The van der Waals surface area contributed by atoms with Crippen LogP contribution in [-0.4, -0.2) is 14.9 Å². The summed E-state index contributed by atoms with van der Waals surface area (Å²) in [5.41, 5.74) is 0. The van der Waals surface area contributed by atoms with Gasteiger partial charge in [-0.2, -0.15) is 10.2 Å².